The predicted molar refractivity (Wildman–Crippen MR) is 107 cm³/mol. The molecule has 0 bridgehead atoms. The second-order valence-corrected chi connectivity index (χ2v) is 7.60. The lowest BCUT2D eigenvalue weighted by molar-refractivity contribution is -0.217. The van der Waals surface area contributed by atoms with Gasteiger partial charge in [0, 0.05) is 17.4 Å². The number of hydrogen-bond donors (Lipinski definition) is 2. The molecule has 3 N–H and O–H groups in total. The molecule has 32 heavy (non-hydrogen) atoms. The lowest BCUT2D eigenvalue weighted by Crippen LogP contribution is -2.50. The molecule has 3 heterocycles. The van der Waals surface area contributed by atoms with Crippen LogP contribution in [-0.2, 0) is 21.5 Å². The smallest absolute Gasteiger partial charge is 0.415 e. The molecule has 11 heteroatoms. The zero-order valence-corrected chi connectivity index (χ0v) is 16.9. The van der Waals surface area contributed by atoms with Crippen molar-refractivity contribution in [2.45, 2.75) is 31.2 Å². The zero-order valence-electron chi connectivity index (χ0n) is 16.9. The number of aryl methyl sites for hydroxylation is 1. The number of pyridine rings is 1. The van der Waals surface area contributed by atoms with Gasteiger partial charge in [-0.05, 0) is 36.2 Å². The number of amides is 1. The Balaban J connectivity index is 1.67. The fourth-order valence-electron chi connectivity index (χ4n) is 3.98. The van der Waals surface area contributed by atoms with Gasteiger partial charge in [0.05, 0.1) is 19.1 Å². The van der Waals surface area contributed by atoms with E-state index in [1.165, 1.54) is 12.1 Å². The van der Waals surface area contributed by atoms with Crippen LogP contribution in [0.1, 0.15) is 28.5 Å². The monoisotopic (exact) mass is 452 g/mol. The highest BCUT2D eigenvalue weighted by Crippen LogP contribution is 2.50. The Morgan fingerprint density at radius 2 is 2.09 bits per heavy atom. The number of halogens is 4. The summed E-state index contributed by atoms with van der Waals surface area (Å²) >= 11 is 0. The van der Waals surface area contributed by atoms with Crippen molar-refractivity contribution in [2.75, 3.05) is 18.5 Å². The maximum atomic E-state index is 14.9. The molecule has 0 spiro atoms. The summed E-state index contributed by atoms with van der Waals surface area (Å²) in [6, 6.07) is 6.50. The van der Waals surface area contributed by atoms with Gasteiger partial charge < -0.3 is 20.5 Å². The van der Waals surface area contributed by atoms with Gasteiger partial charge in [-0.1, -0.05) is 13.0 Å². The Hall–Kier alpha value is -3.21. The average molecular weight is 452 g/mol. The van der Waals surface area contributed by atoms with Gasteiger partial charge in [0.15, 0.2) is 11.7 Å². The summed E-state index contributed by atoms with van der Waals surface area (Å²) in [7, 11) is 0. The van der Waals surface area contributed by atoms with Crippen LogP contribution in [-0.4, -0.2) is 42.3 Å². The lowest BCUT2D eigenvalue weighted by Gasteiger charge is -2.38. The molecule has 0 unspecified atom stereocenters. The van der Waals surface area contributed by atoms with Crippen LogP contribution in [0.2, 0.25) is 0 Å². The van der Waals surface area contributed by atoms with E-state index in [-0.39, 0.29) is 29.5 Å². The van der Waals surface area contributed by atoms with Gasteiger partial charge >= 0.3 is 6.18 Å². The molecule has 7 nitrogen and oxygen atoms in total. The van der Waals surface area contributed by atoms with Crippen LogP contribution in [0, 0.1) is 11.7 Å². The molecular formula is C21H20F4N4O3. The van der Waals surface area contributed by atoms with Gasteiger partial charge in [-0.2, -0.15) is 13.2 Å². The van der Waals surface area contributed by atoms with E-state index in [0.717, 1.165) is 18.1 Å². The first-order chi connectivity index (χ1) is 15.1. The Kier molecular flexibility index (Phi) is 5.53. The number of carbonyl (C=O) groups excluding carboxylic acids is 1. The number of aromatic nitrogens is 1. The quantitative estimate of drug-likeness (QED) is 0.695. The SMILES string of the molecule is CCc1ccc(C(=O)Nc2ccc(F)c([C@]34CO[C@H](C(F)(F)F)[C@H]3CN=C(N)O4)c2)nc1. The van der Waals surface area contributed by atoms with E-state index in [0.29, 0.717) is 0 Å². The summed E-state index contributed by atoms with van der Waals surface area (Å²) in [6.45, 7) is 1.02. The highest BCUT2D eigenvalue weighted by molar-refractivity contribution is 6.02. The van der Waals surface area contributed by atoms with Gasteiger partial charge in [-0.15, -0.1) is 0 Å². The summed E-state index contributed by atoms with van der Waals surface area (Å²) in [6.07, 6.45) is -4.57. The zero-order chi connectivity index (χ0) is 23.1. The lowest BCUT2D eigenvalue weighted by atomic mass is 9.79. The number of nitrogens with one attached hydrogen (secondary N) is 1. The number of hydrogen-bond acceptors (Lipinski definition) is 6. The summed E-state index contributed by atoms with van der Waals surface area (Å²) in [5.74, 6) is -2.72. The van der Waals surface area contributed by atoms with Crippen molar-refractivity contribution in [2.24, 2.45) is 16.6 Å². The number of fused-ring (bicyclic) bond motifs is 1. The summed E-state index contributed by atoms with van der Waals surface area (Å²) in [5, 5.41) is 2.58. The number of carbonyl (C=O) groups is 1. The third kappa shape index (κ3) is 3.88. The van der Waals surface area contributed by atoms with Gasteiger partial charge in [0.25, 0.3) is 11.9 Å². The van der Waals surface area contributed by atoms with Crippen molar-refractivity contribution >= 4 is 17.6 Å². The second-order valence-electron chi connectivity index (χ2n) is 7.60. The van der Waals surface area contributed by atoms with E-state index >= 15 is 0 Å². The molecule has 170 valence electrons. The van der Waals surface area contributed by atoms with Crippen LogP contribution in [0.25, 0.3) is 0 Å². The van der Waals surface area contributed by atoms with Crippen molar-refractivity contribution in [1.29, 1.82) is 0 Å². The summed E-state index contributed by atoms with van der Waals surface area (Å²) in [5.41, 5.74) is 4.82. The van der Waals surface area contributed by atoms with Crippen LogP contribution in [0.15, 0.2) is 41.5 Å². The second kappa shape index (κ2) is 8.05. The molecule has 1 aromatic carbocycles. The predicted octanol–water partition coefficient (Wildman–Crippen LogP) is 3.15. The molecule has 0 radical (unpaired) electrons. The van der Waals surface area contributed by atoms with E-state index in [2.05, 4.69) is 15.3 Å². The highest BCUT2D eigenvalue weighted by Gasteiger charge is 2.63. The van der Waals surface area contributed by atoms with E-state index in [1.807, 2.05) is 6.92 Å². The van der Waals surface area contributed by atoms with Crippen molar-refractivity contribution in [3.05, 3.63) is 59.2 Å². The average Bonchev–Trinajstić information content (AvgIpc) is 3.15. The number of benzene rings is 1. The van der Waals surface area contributed by atoms with Gasteiger partial charge in [-0.3, -0.25) is 9.78 Å². The van der Waals surface area contributed by atoms with Crippen LogP contribution in [0.3, 0.4) is 0 Å². The van der Waals surface area contributed by atoms with Crippen LogP contribution < -0.4 is 11.1 Å². The van der Waals surface area contributed by atoms with E-state index in [4.69, 9.17) is 15.2 Å². The number of amidine groups is 1. The van der Waals surface area contributed by atoms with Gasteiger partial charge in [0.1, 0.15) is 11.5 Å². The Labute approximate surface area is 180 Å². The molecule has 2 aromatic rings. The van der Waals surface area contributed by atoms with Crippen molar-refractivity contribution in [3.63, 3.8) is 0 Å². The Morgan fingerprint density at radius 3 is 2.75 bits per heavy atom. The molecule has 1 fully saturated rings. The molecular weight excluding hydrogens is 432 g/mol. The molecule has 1 saturated heterocycles. The van der Waals surface area contributed by atoms with Crippen LogP contribution in [0.5, 0.6) is 0 Å². The van der Waals surface area contributed by atoms with Gasteiger partial charge in [-0.25, -0.2) is 9.38 Å². The fraction of sp³-hybridized carbons (Fsp3) is 0.381. The van der Waals surface area contributed by atoms with Crippen molar-refractivity contribution in [1.82, 2.24) is 4.98 Å². The Bertz CT molecular complexity index is 1060. The number of nitrogens with zero attached hydrogens (tertiary/aromatic N) is 2. The number of ether oxygens (including phenoxy) is 2. The molecule has 4 rings (SSSR count). The van der Waals surface area contributed by atoms with E-state index in [9.17, 15) is 22.4 Å². The first-order valence-corrected chi connectivity index (χ1v) is 9.87. The maximum Gasteiger partial charge on any atom is 0.415 e. The standard InChI is InChI=1S/C21H20F4N4O3/c1-2-11-3-6-16(27-8-11)18(30)29-12-4-5-15(22)13(7-12)20-10-31-17(21(23,24)25)14(20)9-28-19(26)32-20/h3-8,14,17H,2,9-10H2,1H3,(H2,26,28)(H,29,30)/t14-,17+,20-/m1/s1. The molecule has 1 amide bonds. The number of nitrogens with two attached hydrogens (primary N) is 1. The minimum absolute atomic E-state index is 0.135. The third-order valence-corrected chi connectivity index (χ3v) is 5.64. The number of alkyl halides is 3. The number of rotatable bonds is 4. The molecule has 2 aliphatic rings. The molecule has 3 atom stereocenters. The molecule has 1 aromatic heterocycles. The minimum atomic E-state index is -4.70. The topological polar surface area (TPSA) is 98.8 Å². The maximum absolute atomic E-state index is 14.9. The number of aliphatic imine (C=N–C) groups is 1. The van der Waals surface area contributed by atoms with E-state index < -0.39 is 42.1 Å². The van der Waals surface area contributed by atoms with Crippen LogP contribution >= 0.6 is 0 Å². The number of anilines is 1. The van der Waals surface area contributed by atoms with Crippen LogP contribution in [0.4, 0.5) is 23.2 Å². The van der Waals surface area contributed by atoms with Crippen molar-refractivity contribution < 1.29 is 31.8 Å². The Morgan fingerprint density at radius 1 is 1.31 bits per heavy atom. The highest BCUT2D eigenvalue weighted by atomic mass is 19.4. The molecule has 0 aliphatic carbocycles. The van der Waals surface area contributed by atoms with Crippen molar-refractivity contribution in [3.8, 4) is 0 Å². The largest absolute Gasteiger partial charge is 0.451 e. The van der Waals surface area contributed by atoms with E-state index in [1.54, 1.807) is 18.3 Å². The summed E-state index contributed by atoms with van der Waals surface area (Å²) < 4.78 is 65.8. The normalized spacial score (nSPS) is 25.0. The first kappa shape index (κ1) is 22.0. The minimum Gasteiger partial charge on any atom is -0.451 e. The first-order valence-electron chi connectivity index (χ1n) is 9.87. The van der Waals surface area contributed by atoms with Gasteiger partial charge in [0.2, 0.25) is 0 Å². The molecule has 2 aliphatic heterocycles. The summed E-state index contributed by atoms with van der Waals surface area (Å²) in [4.78, 5) is 20.4. The fourth-order valence-corrected chi connectivity index (χ4v) is 3.98. The molecule has 0 saturated carbocycles. The third-order valence-electron chi connectivity index (χ3n) is 5.64.